The maximum Gasteiger partial charge on any atom is 0.514 e. The van der Waals surface area contributed by atoms with E-state index in [4.69, 9.17) is 34.2 Å². The molecule has 0 aromatic heterocycles. The Hall–Kier alpha value is -3.54. The van der Waals surface area contributed by atoms with E-state index in [-0.39, 0.29) is 18.1 Å². The normalized spacial score (nSPS) is 14.3. The maximum atomic E-state index is 12.4. The smallest absolute Gasteiger partial charge is 0.480 e. The molecule has 1 aromatic carbocycles. The molecule has 0 spiro atoms. The van der Waals surface area contributed by atoms with Crippen LogP contribution >= 0.6 is 0 Å². The highest BCUT2D eigenvalue weighted by Crippen LogP contribution is 2.36. The Labute approximate surface area is 229 Å². The fourth-order valence-corrected chi connectivity index (χ4v) is 3.24. The quantitative estimate of drug-likeness (QED) is 0.238. The minimum atomic E-state index is -1.44. The van der Waals surface area contributed by atoms with Crippen LogP contribution in [0.3, 0.4) is 0 Å². The molecule has 39 heavy (non-hydrogen) atoms. The van der Waals surface area contributed by atoms with E-state index in [0.717, 1.165) is 0 Å². The third-order valence-electron chi connectivity index (χ3n) is 4.66. The Kier molecular flexibility index (Phi) is 11.2. The molecule has 0 amide bonds. The number of aliphatic carboxylic acids is 1. The van der Waals surface area contributed by atoms with Gasteiger partial charge in [-0.3, -0.25) is 4.79 Å². The molecule has 0 saturated heterocycles. The van der Waals surface area contributed by atoms with Crippen molar-refractivity contribution < 1.29 is 52.7 Å². The van der Waals surface area contributed by atoms with Crippen molar-refractivity contribution in [2.45, 2.75) is 98.0 Å². The molecular formula is C27H41NO11. The van der Waals surface area contributed by atoms with E-state index < -0.39 is 59.1 Å². The van der Waals surface area contributed by atoms with Crippen LogP contribution in [0, 0.1) is 5.92 Å². The molecule has 0 bridgehead atoms. The first-order valence-corrected chi connectivity index (χ1v) is 12.4. The number of carbonyl (C=O) groups is 4. The molecule has 220 valence electrons. The predicted octanol–water partition coefficient (Wildman–Crippen LogP) is 5.40. The van der Waals surface area contributed by atoms with Crippen LogP contribution in [0.2, 0.25) is 0 Å². The molecule has 2 unspecified atom stereocenters. The first kappa shape index (κ1) is 33.5. The maximum absolute atomic E-state index is 12.4. The summed E-state index contributed by atoms with van der Waals surface area (Å²) in [7, 11) is 0. The molecule has 1 rings (SSSR count). The van der Waals surface area contributed by atoms with Crippen molar-refractivity contribution >= 4 is 24.4 Å². The van der Waals surface area contributed by atoms with Gasteiger partial charge in [0.15, 0.2) is 11.5 Å². The first-order chi connectivity index (χ1) is 17.6. The average Bonchev–Trinajstić information content (AvgIpc) is 2.70. The number of hydrogen-bond acceptors (Lipinski definition) is 11. The molecule has 1 aromatic rings. The Morgan fingerprint density at radius 3 is 1.64 bits per heavy atom. The average molecular weight is 556 g/mol. The van der Waals surface area contributed by atoms with Gasteiger partial charge < -0.3 is 39.3 Å². The zero-order chi connectivity index (χ0) is 30.3. The third kappa shape index (κ3) is 12.7. The van der Waals surface area contributed by atoms with E-state index in [2.05, 4.69) is 0 Å². The van der Waals surface area contributed by atoms with Gasteiger partial charge in [0.2, 0.25) is 0 Å². The Morgan fingerprint density at radius 2 is 1.21 bits per heavy atom. The monoisotopic (exact) mass is 555 g/mol. The molecule has 3 atom stereocenters. The van der Waals surface area contributed by atoms with Crippen LogP contribution in [0.5, 0.6) is 11.5 Å². The Morgan fingerprint density at radius 1 is 0.769 bits per heavy atom. The van der Waals surface area contributed by atoms with Gasteiger partial charge >= 0.3 is 24.4 Å². The fourth-order valence-electron chi connectivity index (χ4n) is 3.24. The van der Waals surface area contributed by atoms with Crippen LogP contribution in [0.15, 0.2) is 18.2 Å². The molecule has 0 saturated carbocycles. The van der Waals surface area contributed by atoms with E-state index >= 15 is 0 Å². The lowest BCUT2D eigenvalue weighted by Crippen LogP contribution is -2.41. The lowest BCUT2D eigenvalue weighted by atomic mass is 9.82. The van der Waals surface area contributed by atoms with Crippen LogP contribution < -0.4 is 15.2 Å². The molecule has 12 heteroatoms. The number of hydrogen-bond donors (Lipinski definition) is 2. The molecule has 0 aliphatic heterocycles. The van der Waals surface area contributed by atoms with Crippen molar-refractivity contribution in [2.24, 2.45) is 11.7 Å². The molecule has 0 aliphatic rings. The summed E-state index contributed by atoms with van der Waals surface area (Å²) in [6, 6.07) is 2.64. The molecule has 0 radical (unpaired) electrons. The number of carboxylic acid groups (broad SMARTS) is 1. The standard InChI is InChI=1S/C27H41NO11/c1-15(14-34-22(31)37-25(2,3)4)19(20(28)21(29)30)16-11-12-17(35-23(32)38-26(5,6)7)18(13-16)36-24(33)39-27(8,9)10/h11-13,15,19-20H,14,28H2,1-10H3,(H,29,30)/t15?,19?,20-/m0/s1. The minimum Gasteiger partial charge on any atom is -0.480 e. The van der Waals surface area contributed by atoms with Gasteiger partial charge in [0, 0.05) is 5.92 Å². The summed E-state index contributed by atoms with van der Waals surface area (Å²) in [4.78, 5) is 48.6. The van der Waals surface area contributed by atoms with E-state index in [0.29, 0.717) is 5.56 Å². The van der Waals surface area contributed by atoms with Crippen LogP contribution in [0.25, 0.3) is 0 Å². The molecular weight excluding hydrogens is 514 g/mol. The summed E-state index contributed by atoms with van der Waals surface area (Å²) in [5.41, 5.74) is 3.80. The van der Waals surface area contributed by atoms with Gasteiger partial charge in [-0.15, -0.1) is 0 Å². The highest BCUT2D eigenvalue weighted by Gasteiger charge is 2.33. The van der Waals surface area contributed by atoms with E-state index in [1.165, 1.54) is 18.2 Å². The number of carbonyl (C=O) groups excluding carboxylic acids is 3. The van der Waals surface area contributed by atoms with Crippen molar-refractivity contribution in [3.8, 4) is 11.5 Å². The zero-order valence-electron chi connectivity index (χ0n) is 24.3. The zero-order valence-corrected chi connectivity index (χ0v) is 24.3. The van der Waals surface area contributed by atoms with Gasteiger partial charge in [-0.25, -0.2) is 14.4 Å². The van der Waals surface area contributed by atoms with Gasteiger partial charge in [0.05, 0.1) is 6.61 Å². The lowest BCUT2D eigenvalue weighted by Gasteiger charge is -2.28. The molecule has 12 nitrogen and oxygen atoms in total. The topological polar surface area (TPSA) is 170 Å². The second-order valence-electron chi connectivity index (χ2n) is 12.0. The van der Waals surface area contributed by atoms with Gasteiger partial charge in [0.25, 0.3) is 0 Å². The third-order valence-corrected chi connectivity index (χ3v) is 4.66. The largest absolute Gasteiger partial charge is 0.514 e. The second kappa shape index (κ2) is 13.0. The number of ether oxygens (including phenoxy) is 6. The highest BCUT2D eigenvalue weighted by atomic mass is 16.8. The summed E-state index contributed by atoms with van der Waals surface area (Å²) >= 11 is 0. The van der Waals surface area contributed by atoms with Crippen LogP contribution in [-0.4, -0.2) is 59.0 Å². The minimum absolute atomic E-state index is 0.181. The van der Waals surface area contributed by atoms with E-state index in [9.17, 15) is 24.3 Å². The van der Waals surface area contributed by atoms with Crippen LogP contribution in [-0.2, 0) is 23.7 Å². The van der Waals surface area contributed by atoms with Crippen molar-refractivity contribution in [2.75, 3.05) is 6.61 Å². The SMILES string of the molecule is CC(COC(=O)OC(C)(C)C)C(c1ccc(OC(=O)OC(C)(C)C)c(OC(=O)OC(C)(C)C)c1)[C@H](N)C(=O)O. The van der Waals surface area contributed by atoms with Crippen LogP contribution in [0.1, 0.15) is 80.7 Å². The summed E-state index contributed by atoms with van der Waals surface area (Å²) in [6.07, 6.45) is -3.07. The molecule has 0 fully saturated rings. The summed E-state index contributed by atoms with van der Waals surface area (Å²) < 4.78 is 31.3. The summed E-state index contributed by atoms with van der Waals surface area (Å²) in [6.45, 7) is 16.3. The number of nitrogens with two attached hydrogens (primary N) is 1. The second-order valence-corrected chi connectivity index (χ2v) is 12.0. The van der Waals surface area contributed by atoms with Crippen molar-refractivity contribution in [3.05, 3.63) is 23.8 Å². The summed E-state index contributed by atoms with van der Waals surface area (Å²) in [5.74, 6) is -3.29. The van der Waals surface area contributed by atoms with Gasteiger partial charge in [-0.2, -0.15) is 0 Å². The van der Waals surface area contributed by atoms with Crippen molar-refractivity contribution in [1.29, 1.82) is 0 Å². The number of rotatable bonds is 8. The van der Waals surface area contributed by atoms with E-state index in [1.807, 2.05) is 0 Å². The molecule has 3 N–H and O–H groups in total. The van der Waals surface area contributed by atoms with Gasteiger partial charge in [-0.1, -0.05) is 13.0 Å². The van der Waals surface area contributed by atoms with Crippen molar-refractivity contribution in [1.82, 2.24) is 0 Å². The number of carboxylic acids is 1. The Balaban J connectivity index is 3.40. The van der Waals surface area contributed by atoms with Crippen LogP contribution in [0.4, 0.5) is 14.4 Å². The van der Waals surface area contributed by atoms with Gasteiger partial charge in [-0.05, 0) is 85.9 Å². The molecule has 0 aliphatic carbocycles. The summed E-state index contributed by atoms with van der Waals surface area (Å²) in [5, 5.41) is 9.67. The van der Waals surface area contributed by atoms with E-state index in [1.54, 1.807) is 69.2 Å². The van der Waals surface area contributed by atoms with Gasteiger partial charge in [0.1, 0.15) is 22.8 Å². The Bertz CT molecular complexity index is 1030. The first-order valence-electron chi connectivity index (χ1n) is 12.4. The lowest BCUT2D eigenvalue weighted by molar-refractivity contribution is -0.139. The highest BCUT2D eigenvalue weighted by molar-refractivity contribution is 5.75. The number of benzene rings is 1. The van der Waals surface area contributed by atoms with Crippen molar-refractivity contribution in [3.63, 3.8) is 0 Å². The molecule has 0 heterocycles. The fraction of sp³-hybridized carbons (Fsp3) is 0.630. The predicted molar refractivity (Wildman–Crippen MR) is 140 cm³/mol.